The first-order chi connectivity index (χ1) is 4.81. The molecule has 0 amide bonds. The first-order valence-electron chi connectivity index (χ1n) is 3.55. The molecular weight excluding hydrogens is 130 g/mol. The second kappa shape index (κ2) is 6.71. The smallest absolute Gasteiger partial charge is 0.159 e. The highest BCUT2D eigenvalue weighted by Gasteiger charge is 1.98. The normalized spacial score (nSPS) is 9.80. The standard InChI is InChI=1S/C7H15NO2/c1-3-10-6-7(9)4-5-8-2/h8H,3-6H2,1-2H3. The Hall–Kier alpha value is -0.410. The predicted molar refractivity (Wildman–Crippen MR) is 40.0 cm³/mol. The highest BCUT2D eigenvalue weighted by molar-refractivity contribution is 5.79. The molecule has 0 heterocycles. The molecule has 10 heavy (non-hydrogen) atoms. The summed E-state index contributed by atoms with van der Waals surface area (Å²) in [5.41, 5.74) is 0. The molecule has 1 N–H and O–H groups in total. The van der Waals surface area contributed by atoms with E-state index < -0.39 is 0 Å². The van der Waals surface area contributed by atoms with Crippen molar-refractivity contribution in [3.8, 4) is 0 Å². The lowest BCUT2D eigenvalue weighted by Crippen LogP contribution is -2.16. The van der Waals surface area contributed by atoms with Gasteiger partial charge in [-0.05, 0) is 14.0 Å². The summed E-state index contributed by atoms with van der Waals surface area (Å²) in [6.45, 7) is 3.50. The second-order valence-electron chi connectivity index (χ2n) is 2.03. The van der Waals surface area contributed by atoms with Crippen molar-refractivity contribution in [3.05, 3.63) is 0 Å². The van der Waals surface area contributed by atoms with E-state index in [1.165, 1.54) is 0 Å². The third-order valence-corrected chi connectivity index (χ3v) is 1.12. The first kappa shape index (κ1) is 9.59. The van der Waals surface area contributed by atoms with Crippen molar-refractivity contribution in [2.75, 3.05) is 26.8 Å². The van der Waals surface area contributed by atoms with Crippen molar-refractivity contribution >= 4 is 5.78 Å². The van der Waals surface area contributed by atoms with Gasteiger partial charge >= 0.3 is 0 Å². The Kier molecular flexibility index (Phi) is 6.43. The van der Waals surface area contributed by atoms with Crippen molar-refractivity contribution in [3.63, 3.8) is 0 Å². The summed E-state index contributed by atoms with van der Waals surface area (Å²) in [5.74, 6) is 0.163. The Bertz CT molecular complexity index is 83.6. The molecule has 0 spiro atoms. The molecule has 0 saturated heterocycles. The van der Waals surface area contributed by atoms with Gasteiger partial charge in [-0.15, -0.1) is 0 Å². The van der Waals surface area contributed by atoms with E-state index in [-0.39, 0.29) is 12.4 Å². The molecule has 0 fully saturated rings. The quantitative estimate of drug-likeness (QED) is 0.580. The molecule has 3 heteroatoms. The number of Topliss-reactive ketones (excluding diaryl/α,β-unsaturated/α-hetero) is 1. The van der Waals surface area contributed by atoms with Crippen molar-refractivity contribution in [2.45, 2.75) is 13.3 Å². The Balaban J connectivity index is 3.09. The van der Waals surface area contributed by atoms with Crippen LogP contribution >= 0.6 is 0 Å². The number of ether oxygens (including phenoxy) is 1. The summed E-state index contributed by atoms with van der Waals surface area (Å²) in [4.78, 5) is 10.8. The van der Waals surface area contributed by atoms with Gasteiger partial charge in [-0.1, -0.05) is 0 Å². The lowest BCUT2D eigenvalue weighted by molar-refractivity contribution is -0.123. The summed E-state index contributed by atoms with van der Waals surface area (Å²) >= 11 is 0. The van der Waals surface area contributed by atoms with Crippen LogP contribution < -0.4 is 5.32 Å². The van der Waals surface area contributed by atoms with Gasteiger partial charge < -0.3 is 10.1 Å². The third-order valence-electron chi connectivity index (χ3n) is 1.12. The molecule has 3 nitrogen and oxygen atoms in total. The lowest BCUT2D eigenvalue weighted by Gasteiger charge is -1.99. The van der Waals surface area contributed by atoms with Crippen molar-refractivity contribution in [1.82, 2.24) is 5.32 Å². The van der Waals surface area contributed by atoms with Crippen LogP contribution in [0.1, 0.15) is 13.3 Å². The maximum atomic E-state index is 10.8. The molecule has 0 saturated carbocycles. The predicted octanol–water partition coefficient (Wildman–Crippen LogP) is 0.201. The zero-order valence-corrected chi connectivity index (χ0v) is 6.64. The number of nitrogens with one attached hydrogen (secondary N) is 1. The van der Waals surface area contributed by atoms with Gasteiger partial charge in [0.15, 0.2) is 5.78 Å². The van der Waals surface area contributed by atoms with E-state index >= 15 is 0 Å². The number of hydrogen-bond donors (Lipinski definition) is 1. The highest BCUT2D eigenvalue weighted by Crippen LogP contribution is 1.82. The number of carbonyl (C=O) groups excluding carboxylic acids is 1. The summed E-state index contributed by atoms with van der Waals surface area (Å²) in [6.07, 6.45) is 0.566. The fourth-order valence-electron chi connectivity index (χ4n) is 0.552. The minimum atomic E-state index is 0.163. The Morgan fingerprint density at radius 1 is 1.60 bits per heavy atom. The van der Waals surface area contributed by atoms with Crippen LogP contribution in [0.2, 0.25) is 0 Å². The van der Waals surface area contributed by atoms with E-state index in [2.05, 4.69) is 5.32 Å². The van der Waals surface area contributed by atoms with Crippen LogP contribution in [-0.2, 0) is 9.53 Å². The van der Waals surface area contributed by atoms with Crippen LogP contribution in [0.5, 0.6) is 0 Å². The zero-order valence-electron chi connectivity index (χ0n) is 6.64. The van der Waals surface area contributed by atoms with Crippen LogP contribution in [-0.4, -0.2) is 32.6 Å². The fraction of sp³-hybridized carbons (Fsp3) is 0.857. The minimum Gasteiger partial charge on any atom is -0.374 e. The molecule has 0 unspecified atom stereocenters. The van der Waals surface area contributed by atoms with Gasteiger partial charge in [-0.25, -0.2) is 0 Å². The van der Waals surface area contributed by atoms with Gasteiger partial charge in [0.1, 0.15) is 6.61 Å². The Morgan fingerprint density at radius 3 is 2.80 bits per heavy atom. The Labute approximate surface area is 61.8 Å². The van der Waals surface area contributed by atoms with Gasteiger partial charge in [0.05, 0.1) is 0 Å². The zero-order chi connectivity index (χ0) is 7.82. The number of ketones is 1. The Morgan fingerprint density at radius 2 is 2.30 bits per heavy atom. The largest absolute Gasteiger partial charge is 0.374 e. The molecule has 0 atom stereocenters. The van der Waals surface area contributed by atoms with Crippen molar-refractivity contribution in [1.29, 1.82) is 0 Å². The van der Waals surface area contributed by atoms with Crippen LogP contribution in [0, 0.1) is 0 Å². The van der Waals surface area contributed by atoms with Gasteiger partial charge in [0.25, 0.3) is 0 Å². The third kappa shape index (κ3) is 5.72. The van der Waals surface area contributed by atoms with Gasteiger partial charge in [-0.2, -0.15) is 0 Å². The van der Waals surface area contributed by atoms with E-state index in [4.69, 9.17) is 4.74 Å². The van der Waals surface area contributed by atoms with Gasteiger partial charge in [0.2, 0.25) is 0 Å². The molecule has 0 aromatic rings. The summed E-state index contributed by atoms with van der Waals surface area (Å²) < 4.78 is 4.92. The number of rotatable bonds is 6. The lowest BCUT2D eigenvalue weighted by atomic mass is 10.3. The summed E-state index contributed by atoms with van der Waals surface area (Å²) in [6, 6.07) is 0. The van der Waals surface area contributed by atoms with Crippen LogP contribution in [0.3, 0.4) is 0 Å². The molecule has 0 aromatic carbocycles. The average Bonchev–Trinajstić information content (AvgIpc) is 1.97. The molecule has 0 aliphatic carbocycles. The monoisotopic (exact) mass is 145 g/mol. The van der Waals surface area contributed by atoms with Crippen LogP contribution in [0.15, 0.2) is 0 Å². The van der Waals surface area contributed by atoms with E-state index in [1.54, 1.807) is 0 Å². The maximum absolute atomic E-state index is 10.8. The van der Waals surface area contributed by atoms with E-state index in [0.717, 1.165) is 6.54 Å². The van der Waals surface area contributed by atoms with Crippen molar-refractivity contribution in [2.24, 2.45) is 0 Å². The van der Waals surface area contributed by atoms with Crippen molar-refractivity contribution < 1.29 is 9.53 Å². The van der Waals surface area contributed by atoms with E-state index in [0.29, 0.717) is 13.0 Å². The molecule has 0 bridgehead atoms. The SMILES string of the molecule is CCOCC(=O)CCNC. The topological polar surface area (TPSA) is 38.3 Å². The van der Waals surface area contributed by atoms with Gasteiger partial charge in [-0.3, -0.25) is 4.79 Å². The number of carbonyl (C=O) groups is 1. The molecule has 0 aliphatic rings. The minimum absolute atomic E-state index is 0.163. The maximum Gasteiger partial charge on any atom is 0.159 e. The molecule has 0 rings (SSSR count). The molecular formula is C7H15NO2. The molecule has 0 aliphatic heterocycles. The summed E-state index contributed by atoms with van der Waals surface area (Å²) in [7, 11) is 1.83. The fourth-order valence-corrected chi connectivity index (χ4v) is 0.552. The molecule has 0 radical (unpaired) electrons. The van der Waals surface area contributed by atoms with Crippen LogP contribution in [0.25, 0.3) is 0 Å². The highest BCUT2D eigenvalue weighted by atomic mass is 16.5. The molecule has 0 aromatic heterocycles. The van der Waals surface area contributed by atoms with E-state index in [9.17, 15) is 4.79 Å². The summed E-state index contributed by atoms with van der Waals surface area (Å²) in [5, 5.41) is 2.90. The van der Waals surface area contributed by atoms with Crippen LogP contribution in [0.4, 0.5) is 0 Å². The van der Waals surface area contributed by atoms with Gasteiger partial charge in [0, 0.05) is 19.6 Å². The first-order valence-corrected chi connectivity index (χ1v) is 3.55. The number of hydrogen-bond acceptors (Lipinski definition) is 3. The second-order valence-corrected chi connectivity index (χ2v) is 2.03. The van der Waals surface area contributed by atoms with E-state index in [1.807, 2.05) is 14.0 Å². The average molecular weight is 145 g/mol. The molecule has 60 valence electrons.